The Morgan fingerprint density at radius 1 is 0.893 bits per heavy atom. The van der Waals surface area contributed by atoms with Gasteiger partial charge in [-0.2, -0.15) is 0 Å². The topological polar surface area (TPSA) is 23.5 Å². The first-order chi connectivity index (χ1) is 13.4. The molecule has 2 heterocycles. The van der Waals surface area contributed by atoms with Crippen LogP contribution < -0.4 is 0 Å². The van der Waals surface area contributed by atoms with Gasteiger partial charge in [-0.3, -0.25) is 0 Å². The summed E-state index contributed by atoms with van der Waals surface area (Å²) in [6, 6.07) is 14.3. The first-order valence-electron chi connectivity index (χ1n) is 10.3. The summed E-state index contributed by atoms with van der Waals surface area (Å²) >= 11 is 0. The Labute approximate surface area is 166 Å². The second-order valence-electron chi connectivity index (χ2n) is 8.85. The summed E-state index contributed by atoms with van der Waals surface area (Å²) in [4.78, 5) is 2.48. The van der Waals surface area contributed by atoms with Crippen LogP contribution in [0.25, 0.3) is 0 Å². The van der Waals surface area contributed by atoms with Gasteiger partial charge < -0.3 is 10.0 Å². The molecule has 2 fully saturated rings. The lowest BCUT2D eigenvalue weighted by molar-refractivity contribution is -0.00290. The summed E-state index contributed by atoms with van der Waals surface area (Å²) in [5, 5.41) is 11.6. The molecule has 2 nitrogen and oxygen atoms in total. The van der Waals surface area contributed by atoms with Crippen LogP contribution in [-0.4, -0.2) is 34.7 Å². The first-order valence-corrected chi connectivity index (χ1v) is 10.3. The smallest absolute Gasteiger partial charge is 0.126 e. The van der Waals surface area contributed by atoms with Crippen LogP contribution in [-0.2, 0) is 12.8 Å². The van der Waals surface area contributed by atoms with Crippen LogP contribution in [0.2, 0.25) is 0 Å². The fourth-order valence-corrected chi connectivity index (χ4v) is 5.43. The number of hydrogen-bond donors (Lipinski definition) is 1. The third kappa shape index (κ3) is 4.13. The molecule has 2 aliphatic rings. The van der Waals surface area contributed by atoms with Gasteiger partial charge in [-0.1, -0.05) is 36.4 Å². The molecule has 1 N–H and O–H groups in total. The summed E-state index contributed by atoms with van der Waals surface area (Å²) in [6.07, 6.45) is 5.54. The monoisotopic (exact) mass is 385 g/mol. The Bertz CT molecular complexity index is 762. The molecule has 0 amide bonds. The zero-order valence-electron chi connectivity index (χ0n) is 16.5. The van der Waals surface area contributed by atoms with Crippen LogP contribution in [0.15, 0.2) is 48.5 Å². The molecule has 2 saturated heterocycles. The fourth-order valence-electron chi connectivity index (χ4n) is 5.43. The second kappa shape index (κ2) is 7.92. The van der Waals surface area contributed by atoms with Crippen LogP contribution in [0.4, 0.5) is 8.78 Å². The Balaban J connectivity index is 1.57. The molecule has 2 atom stereocenters. The van der Waals surface area contributed by atoms with E-state index in [1.165, 1.54) is 25.0 Å². The van der Waals surface area contributed by atoms with Gasteiger partial charge in [0.2, 0.25) is 0 Å². The summed E-state index contributed by atoms with van der Waals surface area (Å²) in [5.74, 6) is -0.229. The van der Waals surface area contributed by atoms with Crippen molar-refractivity contribution in [3.05, 3.63) is 71.3 Å². The molecule has 0 aromatic heterocycles. The van der Waals surface area contributed by atoms with E-state index >= 15 is 0 Å². The lowest BCUT2D eigenvalue weighted by Crippen LogP contribution is -2.44. The number of halogens is 2. The minimum atomic E-state index is -1.16. The van der Waals surface area contributed by atoms with Gasteiger partial charge in [-0.05, 0) is 68.3 Å². The fraction of sp³-hybridized carbons (Fsp3) is 0.500. The van der Waals surface area contributed by atoms with Gasteiger partial charge in [-0.25, -0.2) is 8.78 Å². The number of fused-ring (bicyclic) bond motifs is 2. The van der Waals surface area contributed by atoms with Crippen molar-refractivity contribution >= 4 is 0 Å². The predicted molar refractivity (Wildman–Crippen MR) is 107 cm³/mol. The van der Waals surface area contributed by atoms with Crippen molar-refractivity contribution in [1.82, 2.24) is 4.90 Å². The van der Waals surface area contributed by atoms with Gasteiger partial charge in [-0.15, -0.1) is 0 Å². The lowest BCUT2D eigenvalue weighted by atomic mass is 9.76. The van der Waals surface area contributed by atoms with Crippen molar-refractivity contribution in [1.29, 1.82) is 0 Å². The average molecular weight is 385 g/mol. The highest BCUT2D eigenvalue weighted by molar-refractivity contribution is 5.24. The number of nitrogens with zero attached hydrogens (tertiary/aromatic N) is 1. The van der Waals surface area contributed by atoms with Gasteiger partial charge in [0, 0.05) is 24.9 Å². The number of piperidine rings is 1. The molecular weight excluding hydrogens is 356 g/mol. The van der Waals surface area contributed by atoms with E-state index in [1.54, 1.807) is 36.4 Å². The molecule has 2 bridgehead atoms. The van der Waals surface area contributed by atoms with Crippen LogP contribution in [0.3, 0.4) is 0 Å². The van der Waals surface area contributed by atoms with E-state index in [2.05, 4.69) is 11.9 Å². The van der Waals surface area contributed by atoms with Gasteiger partial charge in [0.1, 0.15) is 11.6 Å². The van der Waals surface area contributed by atoms with Gasteiger partial charge in [0.25, 0.3) is 0 Å². The summed E-state index contributed by atoms with van der Waals surface area (Å²) in [7, 11) is 2.20. The molecule has 2 aliphatic heterocycles. The van der Waals surface area contributed by atoms with Crippen molar-refractivity contribution < 1.29 is 13.9 Å². The number of hydrogen-bond acceptors (Lipinski definition) is 2. The maximum Gasteiger partial charge on any atom is 0.126 e. The Morgan fingerprint density at radius 2 is 1.36 bits per heavy atom. The molecule has 150 valence electrons. The van der Waals surface area contributed by atoms with E-state index in [4.69, 9.17) is 0 Å². The molecule has 4 rings (SSSR count). The second-order valence-corrected chi connectivity index (χ2v) is 8.85. The molecule has 28 heavy (non-hydrogen) atoms. The SMILES string of the molecule is CN1C2CCC1CC(CC(O)(Cc1ccccc1F)Cc1ccccc1F)C2. The first kappa shape index (κ1) is 19.5. The van der Waals surface area contributed by atoms with Crippen molar-refractivity contribution in [2.24, 2.45) is 5.92 Å². The summed E-state index contributed by atoms with van der Waals surface area (Å²) in [6.45, 7) is 0. The maximum absolute atomic E-state index is 14.3. The normalized spacial score (nSPS) is 25.2. The molecule has 2 aromatic rings. The number of aliphatic hydroxyl groups is 1. The highest BCUT2D eigenvalue weighted by atomic mass is 19.1. The third-order valence-electron chi connectivity index (χ3n) is 6.82. The van der Waals surface area contributed by atoms with Crippen LogP contribution in [0.1, 0.15) is 43.2 Å². The van der Waals surface area contributed by atoms with Gasteiger partial charge >= 0.3 is 0 Å². The van der Waals surface area contributed by atoms with E-state index in [9.17, 15) is 13.9 Å². The van der Waals surface area contributed by atoms with Gasteiger partial charge in [0.15, 0.2) is 0 Å². The average Bonchev–Trinajstić information content (AvgIpc) is 2.87. The van der Waals surface area contributed by atoms with Crippen LogP contribution >= 0.6 is 0 Å². The highest BCUT2D eigenvalue weighted by Gasteiger charge is 2.42. The van der Waals surface area contributed by atoms with E-state index in [0.29, 0.717) is 35.5 Å². The molecule has 2 aromatic carbocycles. The minimum absolute atomic E-state index is 0.204. The quantitative estimate of drug-likeness (QED) is 0.776. The summed E-state index contributed by atoms with van der Waals surface area (Å²) < 4.78 is 28.6. The lowest BCUT2D eigenvalue weighted by Gasteiger charge is -2.40. The highest BCUT2D eigenvalue weighted by Crippen LogP contribution is 2.41. The molecule has 0 saturated carbocycles. The van der Waals surface area contributed by atoms with E-state index in [0.717, 1.165) is 12.8 Å². The van der Waals surface area contributed by atoms with E-state index in [1.807, 2.05) is 0 Å². The van der Waals surface area contributed by atoms with Crippen LogP contribution in [0, 0.1) is 17.6 Å². The standard InChI is InChI=1S/C24H29F2NO/c1-27-20-10-11-21(27)13-17(12-20)14-24(28,15-18-6-2-4-8-22(18)25)16-19-7-3-5-9-23(19)26/h2-9,17,20-21,28H,10-16H2,1H3. The molecule has 0 aliphatic carbocycles. The molecular formula is C24H29F2NO. The Kier molecular flexibility index (Phi) is 5.52. The number of benzene rings is 2. The maximum atomic E-state index is 14.3. The molecule has 0 spiro atoms. The molecule has 0 radical (unpaired) electrons. The third-order valence-corrected chi connectivity index (χ3v) is 6.82. The van der Waals surface area contributed by atoms with Crippen molar-refractivity contribution in [3.63, 3.8) is 0 Å². The zero-order chi connectivity index (χ0) is 19.7. The minimum Gasteiger partial charge on any atom is -0.389 e. The van der Waals surface area contributed by atoms with Gasteiger partial charge in [0.05, 0.1) is 5.60 Å². The largest absolute Gasteiger partial charge is 0.389 e. The molecule has 2 unspecified atom stereocenters. The number of rotatable bonds is 6. The van der Waals surface area contributed by atoms with Crippen molar-refractivity contribution in [2.75, 3.05) is 7.05 Å². The van der Waals surface area contributed by atoms with E-state index < -0.39 is 5.60 Å². The van der Waals surface area contributed by atoms with E-state index in [-0.39, 0.29) is 24.5 Å². The zero-order valence-corrected chi connectivity index (χ0v) is 16.5. The summed E-state index contributed by atoms with van der Waals surface area (Å²) in [5.41, 5.74) is -0.167. The Morgan fingerprint density at radius 3 is 1.82 bits per heavy atom. The van der Waals surface area contributed by atoms with Crippen molar-refractivity contribution in [2.45, 2.75) is 62.6 Å². The van der Waals surface area contributed by atoms with Crippen LogP contribution in [0.5, 0.6) is 0 Å². The predicted octanol–water partition coefficient (Wildman–Crippen LogP) is 4.74. The Hall–Kier alpha value is -1.78. The van der Waals surface area contributed by atoms with Crippen molar-refractivity contribution in [3.8, 4) is 0 Å². The molecule has 4 heteroatoms.